The van der Waals surface area contributed by atoms with Gasteiger partial charge in [0.1, 0.15) is 5.54 Å². The standard InChI is InChI=1S/C19H33N3O3/c1-17(2,3)13-18(4,5)20-14(23)9-8-12-22-15(24)19(21-16(22)25)10-6-7-11-19/h6-13H2,1-5H3,(H,20,23)(H,21,25). The quantitative estimate of drug-likeness (QED) is 0.722. The average Bonchev–Trinajstić information content (AvgIpc) is 2.96. The molecule has 0 unspecified atom stereocenters. The Kier molecular flexibility index (Phi) is 5.50. The van der Waals surface area contributed by atoms with Crippen LogP contribution in [0, 0.1) is 5.41 Å². The van der Waals surface area contributed by atoms with Crippen molar-refractivity contribution in [1.82, 2.24) is 15.5 Å². The van der Waals surface area contributed by atoms with Crippen molar-refractivity contribution < 1.29 is 14.4 Å². The molecule has 0 aromatic rings. The van der Waals surface area contributed by atoms with E-state index in [0.29, 0.717) is 19.4 Å². The van der Waals surface area contributed by atoms with Crippen molar-refractivity contribution in [2.45, 2.75) is 90.6 Å². The maximum absolute atomic E-state index is 12.5. The molecule has 0 aromatic heterocycles. The number of urea groups is 1. The van der Waals surface area contributed by atoms with E-state index in [9.17, 15) is 14.4 Å². The molecule has 1 saturated heterocycles. The topological polar surface area (TPSA) is 78.5 Å². The lowest BCUT2D eigenvalue weighted by Crippen LogP contribution is -2.46. The summed E-state index contributed by atoms with van der Waals surface area (Å²) in [5, 5.41) is 5.93. The van der Waals surface area contributed by atoms with Crippen molar-refractivity contribution in [3.63, 3.8) is 0 Å². The molecule has 2 fully saturated rings. The van der Waals surface area contributed by atoms with E-state index >= 15 is 0 Å². The van der Waals surface area contributed by atoms with E-state index in [1.807, 2.05) is 13.8 Å². The zero-order valence-electron chi connectivity index (χ0n) is 16.3. The Morgan fingerprint density at radius 3 is 2.32 bits per heavy atom. The number of nitrogens with zero attached hydrogens (tertiary/aromatic N) is 1. The molecule has 0 atom stereocenters. The lowest BCUT2D eigenvalue weighted by Gasteiger charge is -2.33. The van der Waals surface area contributed by atoms with Crippen molar-refractivity contribution in [1.29, 1.82) is 0 Å². The highest BCUT2D eigenvalue weighted by atomic mass is 16.2. The van der Waals surface area contributed by atoms with Gasteiger partial charge in [-0.25, -0.2) is 4.79 Å². The summed E-state index contributed by atoms with van der Waals surface area (Å²) in [4.78, 5) is 38.2. The van der Waals surface area contributed by atoms with Gasteiger partial charge in [-0.2, -0.15) is 0 Å². The number of amides is 4. The SMILES string of the molecule is CC(C)(C)CC(C)(C)NC(=O)CCCN1C(=O)NC2(CCCC2)C1=O. The first kappa shape index (κ1) is 19.7. The number of hydrogen-bond donors (Lipinski definition) is 2. The average molecular weight is 351 g/mol. The zero-order chi connectivity index (χ0) is 18.9. The highest BCUT2D eigenvalue weighted by Crippen LogP contribution is 2.35. The molecule has 2 aliphatic rings. The van der Waals surface area contributed by atoms with Gasteiger partial charge in [-0.3, -0.25) is 14.5 Å². The minimum atomic E-state index is -0.659. The molecule has 1 heterocycles. The third kappa shape index (κ3) is 4.95. The van der Waals surface area contributed by atoms with Crippen LogP contribution in [-0.2, 0) is 9.59 Å². The van der Waals surface area contributed by atoms with E-state index in [-0.39, 0.29) is 28.8 Å². The van der Waals surface area contributed by atoms with Gasteiger partial charge in [-0.1, -0.05) is 33.6 Å². The van der Waals surface area contributed by atoms with Gasteiger partial charge in [-0.05, 0) is 44.9 Å². The fraction of sp³-hybridized carbons (Fsp3) is 0.842. The van der Waals surface area contributed by atoms with Gasteiger partial charge in [0, 0.05) is 18.5 Å². The fourth-order valence-electron chi connectivity index (χ4n) is 4.40. The molecule has 6 heteroatoms. The lowest BCUT2D eigenvalue weighted by molar-refractivity contribution is -0.131. The number of carbonyl (C=O) groups is 3. The lowest BCUT2D eigenvalue weighted by atomic mass is 9.82. The normalized spacial score (nSPS) is 20.3. The number of imide groups is 1. The van der Waals surface area contributed by atoms with Crippen molar-refractivity contribution in [3.8, 4) is 0 Å². The van der Waals surface area contributed by atoms with Crippen molar-refractivity contribution in [2.75, 3.05) is 6.54 Å². The highest BCUT2D eigenvalue weighted by molar-refractivity contribution is 6.07. The molecule has 4 amide bonds. The van der Waals surface area contributed by atoms with E-state index in [0.717, 1.165) is 32.1 Å². The molecular formula is C19H33N3O3. The first-order valence-corrected chi connectivity index (χ1v) is 9.39. The Morgan fingerprint density at radius 1 is 1.16 bits per heavy atom. The van der Waals surface area contributed by atoms with Crippen LogP contribution in [0.5, 0.6) is 0 Å². The molecular weight excluding hydrogens is 318 g/mol. The summed E-state index contributed by atoms with van der Waals surface area (Å²) in [6, 6.07) is -0.305. The molecule has 1 saturated carbocycles. The Balaban J connectivity index is 1.79. The first-order chi connectivity index (χ1) is 11.4. The molecule has 2 rings (SSSR count). The predicted molar refractivity (Wildman–Crippen MR) is 97.0 cm³/mol. The summed E-state index contributed by atoms with van der Waals surface area (Å²) in [7, 11) is 0. The molecule has 1 aliphatic carbocycles. The van der Waals surface area contributed by atoms with Crippen LogP contribution in [0.25, 0.3) is 0 Å². The predicted octanol–water partition coefficient (Wildman–Crippen LogP) is 2.96. The Morgan fingerprint density at radius 2 is 1.76 bits per heavy atom. The van der Waals surface area contributed by atoms with Gasteiger partial charge in [-0.15, -0.1) is 0 Å². The fourth-order valence-corrected chi connectivity index (χ4v) is 4.40. The smallest absolute Gasteiger partial charge is 0.325 e. The molecule has 2 N–H and O–H groups in total. The monoisotopic (exact) mass is 351 g/mol. The molecule has 25 heavy (non-hydrogen) atoms. The second-order valence-electron chi connectivity index (χ2n) is 9.45. The maximum Gasteiger partial charge on any atom is 0.325 e. The minimum absolute atomic E-state index is 0.0307. The molecule has 0 radical (unpaired) electrons. The molecule has 142 valence electrons. The summed E-state index contributed by atoms with van der Waals surface area (Å²) >= 11 is 0. The summed E-state index contributed by atoms with van der Waals surface area (Å²) < 4.78 is 0. The number of rotatable bonds is 6. The highest BCUT2D eigenvalue weighted by Gasteiger charge is 2.52. The Hall–Kier alpha value is -1.59. The Labute approximate surface area is 151 Å². The first-order valence-electron chi connectivity index (χ1n) is 9.39. The second-order valence-corrected chi connectivity index (χ2v) is 9.45. The van der Waals surface area contributed by atoms with Crippen LogP contribution >= 0.6 is 0 Å². The summed E-state index contributed by atoms with van der Waals surface area (Å²) in [5.41, 5.74) is -0.801. The van der Waals surface area contributed by atoms with Gasteiger partial charge in [0.25, 0.3) is 5.91 Å². The van der Waals surface area contributed by atoms with Crippen LogP contribution in [-0.4, -0.2) is 40.4 Å². The summed E-state index contributed by atoms with van der Waals surface area (Å²) in [6.07, 6.45) is 5.10. The Bertz CT molecular complexity index is 543. The summed E-state index contributed by atoms with van der Waals surface area (Å²) in [5.74, 6) is -0.139. The zero-order valence-corrected chi connectivity index (χ0v) is 16.3. The van der Waals surface area contributed by atoms with Crippen molar-refractivity contribution in [3.05, 3.63) is 0 Å². The number of nitrogens with one attached hydrogen (secondary N) is 2. The van der Waals surface area contributed by atoms with Gasteiger partial charge in [0.05, 0.1) is 0 Å². The van der Waals surface area contributed by atoms with E-state index in [4.69, 9.17) is 0 Å². The second kappa shape index (κ2) is 6.96. The molecule has 6 nitrogen and oxygen atoms in total. The van der Waals surface area contributed by atoms with E-state index in [2.05, 4.69) is 31.4 Å². The third-order valence-electron chi connectivity index (χ3n) is 4.94. The van der Waals surface area contributed by atoms with Crippen LogP contribution in [0.2, 0.25) is 0 Å². The summed E-state index contributed by atoms with van der Waals surface area (Å²) in [6.45, 7) is 10.8. The van der Waals surface area contributed by atoms with Gasteiger partial charge in [0.15, 0.2) is 0 Å². The molecule has 0 aromatic carbocycles. The third-order valence-corrected chi connectivity index (χ3v) is 4.94. The van der Waals surface area contributed by atoms with Crippen LogP contribution in [0.15, 0.2) is 0 Å². The maximum atomic E-state index is 12.5. The van der Waals surface area contributed by atoms with Crippen LogP contribution in [0.4, 0.5) is 4.79 Å². The molecule has 0 bridgehead atoms. The van der Waals surface area contributed by atoms with Crippen LogP contribution in [0.1, 0.15) is 79.6 Å². The molecule has 1 aliphatic heterocycles. The van der Waals surface area contributed by atoms with Gasteiger partial charge >= 0.3 is 6.03 Å². The minimum Gasteiger partial charge on any atom is -0.351 e. The van der Waals surface area contributed by atoms with Gasteiger partial charge < -0.3 is 10.6 Å². The van der Waals surface area contributed by atoms with Crippen LogP contribution in [0.3, 0.4) is 0 Å². The van der Waals surface area contributed by atoms with E-state index in [1.165, 1.54) is 4.90 Å². The molecule has 1 spiro atoms. The van der Waals surface area contributed by atoms with Crippen molar-refractivity contribution in [2.24, 2.45) is 5.41 Å². The van der Waals surface area contributed by atoms with Gasteiger partial charge in [0.2, 0.25) is 5.91 Å². The number of hydrogen-bond acceptors (Lipinski definition) is 3. The van der Waals surface area contributed by atoms with Crippen LogP contribution < -0.4 is 10.6 Å². The van der Waals surface area contributed by atoms with E-state index in [1.54, 1.807) is 0 Å². The largest absolute Gasteiger partial charge is 0.351 e. The number of carbonyl (C=O) groups excluding carboxylic acids is 3. The van der Waals surface area contributed by atoms with E-state index < -0.39 is 5.54 Å². The van der Waals surface area contributed by atoms with Crippen molar-refractivity contribution >= 4 is 17.8 Å².